The number of methoxy groups -OCH3 is 1. The summed E-state index contributed by atoms with van der Waals surface area (Å²) in [5.41, 5.74) is 4.66. The number of aromatic nitrogens is 2. The van der Waals surface area contributed by atoms with E-state index in [1.54, 1.807) is 6.92 Å². The number of ether oxygens (including phenoxy) is 2. The minimum Gasteiger partial charge on any atom is -0.497 e. The summed E-state index contributed by atoms with van der Waals surface area (Å²) >= 11 is 0. The Morgan fingerprint density at radius 1 is 1.14 bits per heavy atom. The van der Waals surface area contributed by atoms with Crippen LogP contribution in [0.1, 0.15) is 24.4 Å². The topological polar surface area (TPSA) is 70.3 Å². The van der Waals surface area contributed by atoms with Gasteiger partial charge in [-0.1, -0.05) is 0 Å². The summed E-state index contributed by atoms with van der Waals surface area (Å²) in [4.78, 5) is 7.87. The van der Waals surface area contributed by atoms with Crippen molar-refractivity contribution in [1.82, 2.24) is 9.97 Å². The lowest BCUT2D eigenvalue weighted by atomic mass is 10.2. The van der Waals surface area contributed by atoms with E-state index in [-0.39, 0.29) is 23.3 Å². The van der Waals surface area contributed by atoms with Gasteiger partial charge in [0.25, 0.3) is 0 Å². The molecule has 1 heterocycles. The van der Waals surface area contributed by atoms with Crippen LogP contribution in [-0.2, 0) is 6.18 Å². The second-order valence-corrected chi connectivity index (χ2v) is 4.53. The molecule has 0 aliphatic carbocycles. The third-order valence-electron chi connectivity index (χ3n) is 2.78. The second kappa shape index (κ2) is 6.18. The maximum Gasteiger partial charge on any atom is 0.420 e. The molecule has 118 valence electrons. The molecule has 5 nitrogen and oxygen atoms in total. The molecule has 0 aliphatic heterocycles. The maximum atomic E-state index is 13.1. The number of benzene rings is 1. The van der Waals surface area contributed by atoms with Crippen molar-refractivity contribution in [2.75, 3.05) is 7.11 Å². The van der Waals surface area contributed by atoms with Crippen LogP contribution in [0.15, 0.2) is 30.6 Å². The summed E-state index contributed by atoms with van der Waals surface area (Å²) in [6, 6.07) is 3.05. The third kappa shape index (κ3) is 3.64. The monoisotopic (exact) mass is 313 g/mol. The summed E-state index contributed by atoms with van der Waals surface area (Å²) < 4.78 is 49.2. The van der Waals surface area contributed by atoms with Crippen LogP contribution in [0.4, 0.5) is 13.2 Å². The molecule has 1 atom stereocenters. The van der Waals surface area contributed by atoms with Crippen LogP contribution in [0.5, 0.6) is 17.2 Å². The molecule has 0 bridgehead atoms. The maximum absolute atomic E-state index is 13.1. The summed E-state index contributed by atoms with van der Waals surface area (Å²) in [6.07, 6.45) is -2.03. The first-order chi connectivity index (χ1) is 10.3. The first-order valence-corrected chi connectivity index (χ1v) is 6.32. The molecule has 0 aliphatic rings. The van der Waals surface area contributed by atoms with Crippen molar-refractivity contribution in [2.45, 2.75) is 19.1 Å². The van der Waals surface area contributed by atoms with Gasteiger partial charge in [0.1, 0.15) is 22.9 Å². The Morgan fingerprint density at radius 2 is 1.77 bits per heavy atom. The van der Waals surface area contributed by atoms with Crippen molar-refractivity contribution in [1.29, 1.82) is 0 Å². The van der Waals surface area contributed by atoms with Crippen molar-refractivity contribution in [3.8, 4) is 17.2 Å². The van der Waals surface area contributed by atoms with Gasteiger partial charge < -0.3 is 15.2 Å². The lowest BCUT2D eigenvalue weighted by Gasteiger charge is -2.14. The Labute approximate surface area is 124 Å². The molecule has 0 amide bonds. The van der Waals surface area contributed by atoms with E-state index in [2.05, 4.69) is 9.97 Å². The first kappa shape index (κ1) is 16.0. The van der Waals surface area contributed by atoms with E-state index in [0.29, 0.717) is 5.82 Å². The van der Waals surface area contributed by atoms with Crippen LogP contribution < -0.4 is 15.2 Å². The summed E-state index contributed by atoms with van der Waals surface area (Å²) in [5, 5.41) is 0. The van der Waals surface area contributed by atoms with Gasteiger partial charge in [-0.2, -0.15) is 13.2 Å². The van der Waals surface area contributed by atoms with Gasteiger partial charge in [-0.25, -0.2) is 9.97 Å². The molecule has 0 fully saturated rings. The minimum atomic E-state index is -4.57. The fourth-order valence-electron chi connectivity index (χ4n) is 1.69. The zero-order valence-electron chi connectivity index (χ0n) is 11.9. The highest BCUT2D eigenvalue weighted by Crippen LogP contribution is 2.39. The van der Waals surface area contributed by atoms with Crippen molar-refractivity contribution >= 4 is 0 Å². The zero-order chi connectivity index (χ0) is 16.3. The Kier molecular flexibility index (Phi) is 4.51. The molecule has 0 saturated heterocycles. The van der Waals surface area contributed by atoms with Gasteiger partial charge in [0.2, 0.25) is 0 Å². The Morgan fingerprint density at radius 3 is 2.27 bits per heavy atom. The molecular weight excluding hydrogens is 299 g/mol. The zero-order valence-corrected chi connectivity index (χ0v) is 11.9. The van der Waals surface area contributed by atoms with Gasteiger partial charge in [0.15, 0.2) is 5.75 Å². The summed E-state index contributed by atoms with van der Waals surface area (Å²) in [5.74, 6) is 0.187. The number of hydrogen-bond acceptors (Lipinski definition) is 5. The molecule has 22 heavy (non-hydrogen) atoms. The van der Waals surface area contributed by atoms with E-state index < -0.39 is 11.7 Å². The lowest BCUT2D eigenvalue weighted by Crippen LogP contribution is -2.10. The highest BCUT2D eigenvalue weighted by molar-refractivity contribution is 5.43. The third-order valence-corrected chi connectivity index (χ3v) is 2.78. The molecule has 2 N–H and O–H groups in total. The van der Waals surface area contributed by atoms with Crippen LogP contribution in [-0.4, -0.2) is 17.1 Å². The van der Waals surface area contributed by atoms with Gasteiger partial charge in [-0.15, -0.1) is 0 Å². The SMILES string of the molecule is COc1ccc(Oc2cnc(C(C)N)nc2)c(C(F)(F)F)c1. The normalized spacial score (nSPS) is 12.8. The van der Waals surface area contributed by atoms with E-state index in [4.69, 9.17) is 15.2 Å². The summed E-state index contributed by atoms with van der Waals surface area (Å²) in [6.45, 7) is 1.70. The van der Waals surface area contributed by atoms with Gasteiger partial charge in [-0.3, -0.25) is 0 Å². The summed E-state index contributed by atoms with van der Waals surface area (Å²) in [7, 11) is 1.29. The van der Waals surface area contributed by atoms with Gasteiger partial charge in [0.05, 0.1) is 25.5 Å². The van der Waals surface area contributed by atoms with Crippen LogP contribution in [0.3, 0.4) is 0 Å². The van der Waals surface area contributed by atoms with Gasteiger partial charge >= 0.3 is 6.18 Å². The van der Waals surface area contributed by atoms with Crippen molar-refractivity contribution in [3.05, 3.63) is 42.0 Å². The van der Waals surface area contributed by atoms with Crippen LogP contribution in [0.25, 0.3) is 0 Å². The van der Waals surface area contributed by atoms with E-state index in [9.17, 15) is 13.2 Å². The van der Waals surface area contributed by atoms with Crippen molar-refractivity contribution in [3.63, 3.8) is 0 Å². The quantitative estimate of drug-likeness (QED) is 0.937. The Bertz CT molecular complexity index is 643. The van der Waals surface area contributed by atoms with Gasteiger partial charge in [-0.05, 0) is 25.1 Å². The molecule has 1 aromatic carbocycles. The molecule has 2 aromatic rings. The number of nitrogens with zero attached hydrogens (tertiary/aromatic N) is 2. The molecule has 1 aromatic heterocycles. The molecule has 0 spiro atoms. The highest BCUT2D eigenvalue weighted by Gasteiger charge is 2.35. The standard InChI is InChI=1S/C14H14F3N3O2/c1-8(18)13-19-6-10(7-20-13)22-12-4-3-9(21-2)5-11(12)14(15,16)17/h3-8H,18H2,1-2H3. The van der Waals surface area contributed by atoms with E-state index in [1.165, 1.54) is 31.6 Å². The first-order valence-electron chi connectivity index (χ1n) is 6.32. The van der Waals surface area contributed by atoms with Crippen LogP contribution >= 0.6 is 0 Å². The van der Waals surface area contributed by atoms with Crippen LogP contribution in [0, 0.1) is 0 Å². The minimum absolute atomic E-state index is 0.0834. The number of nitrogens with two attached hydrogens (primary N) is 1. The molecular formula is C14H14F3N3O2. The molecule has 0 saturated carbocycles. The van der Waals surface area contributed by atoms with E-state index >= 15 is 0 Å². The fourth-order valence-corrected chi connectivity index (χ4v) is 1.69. The van der Waals surface area contributed by atoms with Crippen molar-refractivity contribution < 1.29 is 22.6 Å². The van der Waals surface area contributed by atoms with E-state index in [1.807, 2.05) is 0 Å². The lowest BCUT2D eigenvalue weighted by molar-refractivity contribution is -0.138. The smallest absolute Gasteiger partial charge is 0.420 e. The average molecular weight is 313 g/mol. The van der Waals surface area contributed by atoms with E-state index in [0.717, 1.165) is 6.07 Å². The fraction of sp³-hybridized carbons (Fsp3) is 0.286. The molecule has 2 rings (SSSR count). The second-order valence-electron chi connectivity index (χ2n) is 4.53. The Hall–Kier alpha value is -2.35. The predicted octanol–water partition coefficient (Wildman–Crippen LogP) is 3.32. The number of rotatable bonds is 4. The molecule has 8 heteroatoms. The number of halogens is 3. The van der Waals surface area contributed by atoms with Crippen LogP contribution in [0.2, 0.25) is 0 Å². The largest absolute Gasteiger partial charge is 0.497 e. The Balaban J connectivity index is 2.32. The number of hydrogen-bond donors (Lipinski definition) is 1. The van der Waals surface area contributed by atoms with Gasteiger partial charge in [0, 0.05) is 0 Å². The molecule has 0 radical (unpaired) electrons. The average Bonchev–Trinajstić information content (AvgIpc) is 2.47. The number of alkyl halides is 3. The molecule has 1 unspecified atom stereocenters. The predicted molar refractivity (Wildman–Crippen MR) is 72.7 cm³/mol. The van der Waals surface area contributed by atoms with Crippen molar-refractivity contribution in [2.24, 2.45) is 5.73 Å². The highest BCUT2D eigenvalue weighted by atomic mass is 19.4.